The second kappa shape index (κ2) is 5.63. The van der Waals surface area contributed by atoms with E-state index in [2.05, 4.69) is 12.1 Å². The van der Waals surface area contributed by atoms with E-state index in [4.69, 9.17) is 9.15 Å². The summed E-state index contributed by atoms with van der Waals surface area (Å²) in [5.41, 5.74) is 1.64. The van der Waals surface area contributed by atoms with Gasteiger partial charge in [0.1, 0.15) is 5.78 Å². The highest BCUT2D eigenvalue weighted by molar-refractivity contribution is 5.91. The number of ether oxygens (including phenoxy) is 1. The fourth-order valence-corrected chi connectivity index (χ4v) is 2.95. The lowest BCUT2D eigenvalue weighted by Crippen LogP contribution is -2.42. The lowest BCUT2D eigenvalue weighted by molar-refractivity contribution is -0.127. The molecule has 1 aliphatic rings. The Kier molecular flexibility index (Phi) is 3.70. The smallest absolute Gasteiger partial charge is 0.148 e. The Balaban J connectivity index is 1.91. The molecule has 0 saturated carbocycles. The normalized spacial score (nSPS) is 17.8. The minimum atomic E-state index is -0.406. The summed E-state index contributed by atoms with van der Waals surface area (Å²) in [5, 5.41) is 0. The molecule has 1 fully saturated rings. The molecule has 1 saturated heterocycles. The number of carbonyl (C=O) groups is 1. The van der Waals surface area contributed by atoms with E-state index in [1.165, 1.54) is 0 Å². The van der Waals surface area contributed by atoms with Crippen LogP contribution in [0.3, 0.4) is 0 Å². The van der Waals surface area contributed by atoms with Crippen molar-refractivity contribution in [1.82, 2.24) is 0 Å². The highest BCUT2D eigenvalue weighted by atomic mass is 16.5. The van der Waals surface area contributed by atoms with E-state index >= 15 is 0 Å². The van der Waals surface area contributed by atoms with Gasteiger partial charge in [-0.3, -0.25) is 4.79 Å². The molecule has 20 heavy (non-hydrogen) atoms. The molecule has 0 spiro atoms. The Hall–Kier alpha value is -1.87. The van der Waals surface area contributed by atoms with Gasteiger partial charge in [-0.15, -0.1) is 0 Å². The van der Waals surface area contributed by atoms with Crippen LogP contribution in [0.5, 0.6) is 0 Å². The van der Waals surface area contributed by atoms with Crippen molar-refractivity contribution in [2.24, 2.45) is 0 Å². The van der Waals surface area contributed by atoms with Crippen LogP contribution >= 0.6 is 0 Å². The molecule has 0 N–H and O–H groups in total. The molecule has 3 heteroatoms. The third-order valence-corrected chi connectivity index (χ3v) is 4.15. The van der Waals surface area contributed by atoms with Crippen LogP contribution in [0.15, 0.2) is 53.3 Å². The Labute approximate surface area is 118 Å². The lowest BCUT2D eigenvalue weighted by Gasteiger charge is -2.36. The van der Waals surface area contributed by atoms with Gasteiger partial charge in [-0.1, -0.05) is 30.3 Å². The number of Topliss-reactive ketones (excluding diaryl/α,β-unsaturated/α-hetero) is 1. The first kappa shape index (κ1) is 13.1. The summed E-state index contributed by atoms with van der Waals surface area (Å²) in [5.74, 6) is 0.258. The first-order valence-corrected chi connectivity index (χ1v) is 6.99. The summed E-state index contributed by atoms with van der Waals surface area (Å²) in [6.45, 7) is 1.29. The molecule has 0 amide bonds. The van der Waals surface area contributed by atoms with Gasteiger partial charge in [0.15, 0.2) is 0 Å². The van der Waals surface area contributed by atoms with Gasteiger partial charge >= 0.3 is 0 Å². The van der Waals surface area contributed by atoms with Crippen molar-refractivity contribution in [1.29, 1.82) is 0 Å². The predicted octanol–water partition coefficient (Wildman–Crippen LogP) is 3.14. The third-order valence-electron chi connectivity index (χ3n) is 4.15. The van der Waals surface area contributed by atoms with E-state index in [1.807, 2.05) is 24.3 Å². The van der Waals surface area contributed by atoms with Crippen LogP contribution in [0.4, 0.5) is 0 Å². The quantitative estimate of drug-likeness (QED) is 0.856. The predicted molar refractivity (Wildman–Crippen MR) is 75.6 cm³/mol. The molecule has 104 valence electrons. The Bertz CT molecular complexity index is 551. The fraction of sp³-hybridized carbons (Fsp3) is 0.353. The van der Waals surface area contributed by atoms with Crippen molar-refractivity contribution < 1.29 is 13.9 Å². The van der Waals surface area contributed by atoms with Gasteiger partial charge in [0, 0.05) is 19.6 Å². The van der Waals surface area contributed by atoms with E-state index in [0.29, 0.717) is 19.6 Å². The highest BCUT2D eigenvalue weighted by Gasteiger charge is 2.40. The van der Waals surface area contributed by atoms with Crippen molar-refractivity contribution >= 4 is 5.78 Å². The summed E-state index contributed by atoms with van der Waals surface area (Å²) in [6.07, 6.45) is 5.20. The van der Waals surface area contributed by atoms with Gasteiger partial charge in [0.05, 0.1) is 17.9 Å². The SMILES string of the molecule is O=C(Cc1ccoc1)C1(c2ccccc2)CCOCC1. The zero-order valence-corrected chi connectivity index (χ0v) is 11.4. The van der Waals surface area contributed by atoms with Gasteiger partial charge in [-0.05, 0) is 30.0 Å². The van der Waals surface area contributed by atoms with Crippen molar-refractivity contribution in [3.8, 4) is 0 Å². The zero-order chi connectivity index (χ0) is 13.8. The lowest BCUT2D eigenvalue weighted by atomic mass is 9.70. The molecule has 1 aromatic heterocycles. The second-order valence-corrected chi connectivity index (χ2v) is 5.29. The Morgan fingerprint density at radius 3 is 2.50 bits per heavy atom. The maximum absolute atomic E-state index is 12.9. The number of furan rings is 1. The maximum atomic E-state index is 12.9. The largest absolute Gasteiger partial charge is 0.472 e. The summed E-state index contributed by atoms with van der Waals surface area (Å²) < 4.78 is 10.5. The van der Waals surface area contributed by atoms with E-state index in [0.717, 1.165) is 24.0 Å². The number of ketones is 1. The molecule has 0 aliphatic carbocycles. The molecule has 3 nitrogen and oxygen atoms in total. The number of hydrogen-bond acceptors (Lipinski definition) is 3. The average molecular weight is 270 g/mol. The molecule has 2 heterocycles. The number of rotatable bonds is 4. The molecular formula is C17H18O3. The standard InChI is InChI=1S/C17H18O3/c18-16(12-14-6-9-20-13-14)17(7-10-19-11-8-17)15-4-2-1-3-5-15/h1-6,9,13H,7-8,10-12H2. The molecular weight excluding hydrogens is 252 g/mol. The van der Waals surface area contributed by atoms with E-state index < -0.39 is 5.41 Å². The Morgan fingerprint density at radius 1 is 1.10 bits per heavy atom. The minimum Gasteiger partial charge on any atom is -0.472 e. The van der Waals surface area contributed by atoms with Gasteiger partial charge in [0.25, 0.3) is 0 Å². The van der Waals surface area contributed by atoms with Crippen molar-refractivity contribution in [2.45, 2.75) is 24.7 Å². The van der Waals surface area contributed by atoms with Gasteiger partial charge < -0.3 is 9.15 Å². The summed E-state index contributed by atoms with van der Waals surface area (Å²) >= 11 is 0. The van der Waals surface area contributed by atoms with Crippen LogP contribution in [0.1, 0.15) is 24.0 Å². The van der Waals surface area contributed by atoms with Crippen molar-refractivity contribution in [3.63, 3.8) is 0 Å². The number of hydrogen-bond donors (Lipinski definition) is 0. The summed E-state index contributed by atoms with van der Waals surface area (Å²) in [7, 11) is 0. The molecule has 0 atom stereocenters. The summed E-state index contributed by atoms with van der Waals surface area (Å²) in [4.78, 5) is 12.9. The average Bonchev–Trinajstić information content (AvgIpc) is 3.02. The zero-order valence-electron chi connectivity index (χ0n) is 11.4. The molecule has 0 radical (unpaired) electrons. The van der Waals surface area contributed by atoms with Crippen molar-refractivity contribution in [3.05, 3.63) is 60.1 Å². The molecule has 3 rings (SSSR count). The van der Waals surface area contributed by atoms with Crippen LogP contribution in [-0.2, 0) is 21.4 Å². The summed E-state index contributed by atoms with van der Waals surface area (Å²) in [6, 6.07) is 11.9. The van der Waals surface area contributed by atoms with Crippen molar-refractivity contribution in [2.75, 3.05) is 13.2 Å². The molecule has 2 aromatic rings. The number of benzene rings is 1. The van der Waals surface area contributed by atoms with Gasteiger partial charge in [-0.2, -0.15) is 0 Å². The molecule has 0 bridgehead atoms. The van der Waals surface area contributed by atoms with E-state index in [-0.39, 0.29) is 5.78 Å². The first-order valence-electron chi connectivity index (χ1n) is 6.99. The van der Waals surface area contributed by atoms with Gasteiger partial charge in [0.2, 0.25) is 0 Å². The second-order valence-electron chi connectivity index (χ2n) is 5.29. The minimum absolute atomic E-state index is 0.258. The topological polar surface area (TPSA) is 39.4 Å². The van der Waals surface area contributed by atoms with Crippen LogP contribution in [0.25, 0.3) is 0 Å². The van der Waals surface area contributed by atoms with Crippen LogP contribution < -0.4 is 0 Å². The molecule has 1 aromatic carbocycles. The van der Waals surface area contributed by atoms with E-state index in [1.54, 1.807) is 12.5 Å². The van der Waals surface area contributed by atoms with Crippen LogP contribution in [-0.4, -0.2) is 19.0 Å². The molecule has 1 aliphatic heterocycles. The molecule has 0 unspecified atom stereocenters. The van der Waals surface area contributed by atoms with Crippen LogP contribution in [0.2, 0.25) is 0 Å². The Morgan fingerprint density at radius 2 is 1.85 bits per heavy atom. The number of carbonyl (C=O) groups excluding carboxylic acids is 1. The van der Waals surface area contributed by atoms with Crippen LogP contribution in [0, 0.1) is 0 Å². The monoisotopic (exact) mass is 270 g/mol. The van der Waals surface area contributed by atoms with E-state index in [9.17, 15) is 4.79 Å². The maximum Gasteiger partial charge on any atom is 0.148 e. The first-order chi connectivity index (χ1) is 9.81. The van der Waals surface area contributed by atoms with Gasteiger partial charge in [-0.25, -0.2) is 0 Å². The fourth-order valence-electron chi connectivity index (χ4n) is 2.95. The highest BCUT2D eigenvalue weighted by Crippen LogP contribution is 2.36. The third kappa shape index (κ3) is 2.41.